The summed E-state index contributed by atoms with van der Waals surface area (Å²) in [6.07, 6.45) is 0. The van der Waals surface area contributed by atoms with Gasteiger partial charge in [0.1, 0.15) is 0 Å². The molecule has 2 heterocycles. The molecular weight excluding hydrogens is 348 g/mol. The number of rotatable bonds is 4. The van der Waals surface area contributed by atoms with Gasteiger partial charge in [0.25, 0.3) is 0 Å². The number of hydrogen-bond donors (Lipinski definition) is 0. The molecule has 2 aromatic carbocycles. The van der Waals surface area contributed by atoms with Crippen molar-refractivity contribution in [3.8, 4) is 11.4 Å². The van der Waals surface area contributed by atoms with Crippen LogP contribution >= 0.6 is 11.6 Å². The average Bonchev–Trinajstić information content (AvgIpc) is 3.13. The fourth-order valence-corrected chi connectivity index (χ4v) is 3.55. The Labute approximate surface area is 158 Å². The van der Waals surface area contributed by atoms with E-state index in [9.17, 15) is 0 Å². The van der Waals surface area contributed by atoms with Gasteiger partial charge in [-0.1, -0.05) is 59.2 Å². The lowest BCUT2D eigenvalue weighted by Gasteiger charge is -2.39. The van der Waals surface area contributed by atoms with Crippen molar-refractivity contribution in [3.63, 3.8) is 0 Å². The van der Waals surface area contributed by atoms with Gasteiger partial charge in [-0.25, -0.2) is 0 Å². The van der Waals surface area contributed by atoms with Gasteiger partial charge in [0.05, 0.1) is 6.54 Å². The van der Waals surface area contributed by atoms with Gasteiger partial charge >= 0.3 is 0 Å². The van der Waals surface area contributed by atoms with E-state index in [1.54, 1.807) is 0 Å². The number of hydrogen-bond acceptors (Lipinski definition) is 5. The minimum absolute atomic E-state index is 0.375. The molecule has 1 unspecified atom stereocenters. The number of nitrogens with zero attached hydrogens (tertiary/aromatic N) is 4. The van der Waals surface area contributed by atoms with Crippen LogP contribution in [0.25, 0.3) is 11.4 Å². The van der Waals surface area contributed by atoms with Crippen molar-refractivity contribution in [2.75, 3.05) is 26.7 Å². The number of halogens is 1. The van der Waals surface area contributed by atoms with Gasteiger partial charge in [-0.15, -0.1) is 0 Å². The van der Waals surface area contributed by atoms with Crippen LogP contribution in [0.4, 0.5) is 0 Å². The third-order valence-electron chi connectivity index (χ3n) is 4.83. The van der Waals surface area contributed by atoms with Crippen LogP contribution in [-0.2, 0) is 6.54 Å². The Bertz CT molecular complexity index is 867. The van der Waals surface area contributed by atoms with Crippen molar-refractivity contribution < 1.29 is 4.52 Å². The Morgan fingerprint density at radius 3 is 2.77 bits per heavy atom. The van der Waals surface area contributed by atoms with Crippen molar-refractivity contribution in [1.29, 1.82) is 0 Å². The van der Waals surface area contributed by atoms with Gasteiger partial charge < -0.3 is 4.52 Å². The Hall–Kier alpha value is -2.21. The van der Waals surface area contributed by atoms with Crippen LogP contribution in [0.5, 0.6) is 0 Å². The van der Waals surface area contributed by atoms with Crippen molar-refractivity contribution in [2.45, 2.75) is 12.6 Å². The zero-order chi connectivity index (χ0) is 17.9. The van der Waals surface area contributed by atoms with Gasteiger partial charge in [0, 0.05) is 36.3 Å². The highest BCUT2D eigenvalue weighted by Gasteiger charge is 2.26. The first-order chi connectivity index (χ1) is 12.7. The molecular formula is C20H21ClN4O. The van der Waals surface area contributed by atoms with E-state index in [-0.39, 0.29) is 0 Å². The monoisotopic (exact) mass is 368 g/mol. The molecule has 1 saturated heterocycles. The minimum atomic E-state index is 0.375. The molecule has 1 fully saturated rings. The summed E-state index contributed by atoms with van der Waals surface area (Å²) in [7, 11) is 2.18. The number of benzene rings is 2. The highest BCUT2D eigenvalue weighted by atomic mass is 35.5. The molecule has 1 aliphatic heterocycles. The number of likely N-dealkylation sites (N-methyl/N-ethyl adjacent to an activating group) is 1. The highest BCUT2D eigenvalue weighted by molar-refractivity contribution is 6.30. The van der Waals surface area contributed by atoms with Crippen molar-refractivity contribution >= 4 is 11.6 Å². The molecule has 1 aliphatic rings. The van der Waals surface area contributed by atoms with E-state index in [0.29, 0.717) is 29.3 Å². The summed E-state index contributed by atoms with van der Waals surface area (Å²) in [6.45, 7) is 3.59. The van der Waals surface area contributed by atoms with E-state index in [2.05, 4.69) is 57.3 Å². The Morgan fingerprint density at radius 1 is 1.12 bits per heavy atom. The number of aromatic nitrogens is 2. The lowest BCUT2D eigenvalue weighted by atomic mass is 10.0. The molecule has 5 nitrogen and oxygen atoms in total. The van der Waals surface area contributed by atoms with E-state index in [1.165, 1.54) is 5.56 Å². The van der Waals surface area contributed by atoms with E-state index in [1.807, 2.05) is 24.3 Å². The molecule has 6 heteroatoms. The molecule has 0 radical (unpaired) electrons. The SMILES string of the molecule is CN1CCN(Cc2nc(-c3cccc(Cl)c3)no2)CC1c1ccccc1. The first-order valence-corrected chi connectivity index (χ1v) is 9.13. The van der Waals surface area contributed by atoms with Gasteiger partial charge in [0.2, 0.25) is 11.7 Å². The lowest BCUT2D eigenvalue weighted by molar-refractivity contribution is 0.0825. The largest absolute Gasteiger partial charge is 0.338 e. The van der Waals surface area contributed by atoms with Crippen molar-refractivity contribution in [3.05, 3.63) is 71.1 Å². The topological polar surface area (TPSA) is 45.4 Å². The van der Waals surface area contributed by atoms with E-state index < -0.39 is 0 Å². The zero-order valence-electron chi connectivity index (χ0n) is 14.7. The molecule has 3 aromatic rings. The minimum Gasteiger partial charge on any atom is -0.338 e. The summed E-state index contributed by atoms with van der Waals surface area (Å²) in [5.41, 5.74) is 2.21. The van der Waals surface area contributed by atoms with Gasteiger partial charge in [-0.05, 0) is 24.7 Å². The fraction of sp³-hybridized carbons (Fsp3) is 0.300. The third-order valence-corrected chi connectivity index (χ3v) is 5.06. The second-order valence-electron chi connectivity index (χ2n) is 6.66. The van der Waals surface area contributed by atoms with Gasteiger partial charge in [-0.3, -0.25) is 9.80 Å². The zero-order valence-corrected chi connectivity index (χ0v) is 15.4. The van der Waals surface area contributed by atoms with Crippen LogP contribution in [0.2, 0.25) is 5.02 Å². The molecule has 0 saturated carbocycles. The van der Waals surface area contributed by atoms with Crippen LogP contribution in [0.15, 0.2) is 59.1 Å². The molecule has 0 bridgehead atoms. The third kappa shape index (κ3) is 3.80. The van der Waals surface area contributed by atoms with Gasteiger partial charge in [0.15, 0.2) is 0 Å². The quantitative estimate of drug-likeness (QED) is 0.699. The van der Waals surface area contributed by atoms with Crippen molar-refractivity contribution in [2.24, 2.45) is 0 Å². The lowest BCUT2D eigenvalue weighted by Crippen LogP contribution is -2.46. The van der Waals surface area contributed by atoms with E-state index in [0.717, 1.165) is 25.2 Å². The van der Waals surface area contributed by atoms with Crippen molar-refractivity contribution in [1.82, 2.24) is 19.9 Å². The maximum Gasteiger partial charge on any atom is 0.241 e. The Balaban J connectivity index is 1.46. The maximum absolute atomic E-state index is 6.05. The molecule has 26 heavy (non-hydrogen) atoms. The van der Waals surface area contributed by atoms with E-state index >= 15 is 0 Å². The standard InChI is InChI=1S/C20H21ClN4O/c1-24-10-11-25(13-18(24)15-6-3-2-4-7-15)14-19-22-20(23-26-19)16-8-5-9-17(21)12-16/h2-9,12,18H,10-11,13-14H2,1H3. The fourth-order valence-electron chi connectivity index (χ4n) is 3.36. The van der Waals surface area contributed by atoms with E-state index in [4.69, 9.17) is 16.1 Å². The second kappa shape index (κ2) is 7.58. The summed E-state index contributed by atoms with van der Waals surface area (Å²) in [6, 6.07) is 18.5. The summed E-state index contributed by atoms with van der Waals surface area (Å²) in [5.74, 6) is 1.22. The molecule has 0 amide bonds. The average molecular weight is 369 g/mol. The maximum atomic E-state index is 6.05. The molecule has 4 rings (SSSR count). The summed E-state index contributed by atoms with van der Waals surface area (Å²) in [5, 5.41) is 4.77. The highest BCUT2D eigenvalue weighted by Crippen LogP contribution is 2.25. The predicted molar refractivity (Wildman–Crippen MR) is 102 cm³/mol. The molecule has 0 aliphatic carbocycles. The van der Waals surface area contributed by atoms with Crippen LogP contribution in [0, 0.1) is 0 Å². The predicted octanol–water partition coefficient (Wildman–Crippen LogP) is 3.88. The molecule has 0 N–H and O–H groups in total. The van der Waals surface area contributed by atoms with Crippen LogP contribution in [-0.4, -0.2) is 46.6 Å². The summed E-state index contributed by atoms with van der Waals surface area (Å²) >= 11 is 6.05. The number of piperazine rings is 1. The Morgan fingerprint density at radius 2 is 1.96 bits per heavy atom. The summed E-state index contributed by atoms with van der Waals surface area (Å²) in [4.78, 5) is 9.31. The first-order valence-electron chi connectivity index (χ1n) is 8.75. The normalized spacial score (nSPS) is 18.9. The van der Waals surface area contributed by atoms with Crippen LogP contribution in [0.3, 0.4) is 0 Å². The molecule has 1 aromatic heterocycles. The summed E-state index contributed by atoms with van der Waals surface area (Å²) < 4.78 is 5.47. The Kier molecular flexibility index (Phi) is 5.02. The second-order valence-corrected chi connectivity index (χ2v) is 7.10. The molecule has 1 atom stereocenters. The first kappa shape index (κ1) is 17.2. The smallest absolute Gasteiger partial charge is 0.241 e. The molecule has 0 spiro atoms. The molecule has 134 valence electrons. The van der Waals surface area contributed by atoms with Gasteiger partial charge in [-0.2, -0.15) is 4.98 Å². The van der Waals surface area contributed by atoms with Crippen LogP contribution in [0.1, 0.15) is 17.5 Å². The van der Waals surface area contributed by atoms with Crippen LogP contribution < -0.4 is 0 Å².